The van der Waals surface area contributed by atoms with E-state index in [0.29, 0.717) is 23.0 Å². The molecule has 1 atom stereocenters. The van der Waals surface area contributed by atoms with Crippen LogP contribution in [-0.4, -0.2) is 21.6 Å². The lowest BCUT2D eigenvalue weighted by atomic mass is 10.2. The maximum Gasteiger partial charge on any atom is 0.236 e. The zero-order valence-corrected chi connectivity index (χ0v) is 12.5. The molecular weight excluding hydrogens is 260 g/mol. The van der Waals surface area contributed by atoms with Crippen LogP contribution in [0.3, 0.4) is 0 Å². The van der Waals surface area contributed by atoms with E-state index in [2.05, 4.69) is 19.2 Å². The molecule has 0 bridgehead atoms. The number of anilines is 2. The van der Waals surface area contributed by atoms with Crippen LogP contribution in [0.1, 0.15) is 25.8 Å². The fourth-order valence-corrected chi connectivity index (χ4v) is 2.74. The minimum absolute atomic E-state index is 0.0422. The van der Waals surface area contributed by atoms with E-state index in [1.165, 1.54) is 0 Å². The molecule has 106 valence electrons. The monoisotopic (exact) mass is 282 g/mol. The number of benzene rings is 1. The summed E-state index contributed by atoms with van der Waals surface area (Å²) in [6.07, 6.45) is 0.872. The van der Waals surface area contributed by atoms with E-state index in [4.69, 9.17) is 5.73 Å². The number of carbonyl (C=O) groups excluding carboxylic acids is 1. The van der Waals surface area contributed by atoms with Crippen LogP contribution >= 0.6 is 0 Å². The van der Waals surface area contributed by atoms with Gasteiger partial charge in [-0.05, 0) is 37.0 Å². The van der Waals surface area contributed by atoms with Gasteiger partial charge in [0.15, 0.2) is 0 Å². The van der Waals surface area contributed by atoms with E-state index < -0.39 is 10.8 Å². The highest BCUT2D eigenvalue weighted by Gasteiger charge is 2.09. The van der Waals surface area contributed by atoms with Gasteiger partial charge in [-0.2, -0.15) is 0 Å². The molecule has 0 saturated heterocycles. The number of hydrogen-bond donors (Lipinski definition) is 2. The average Bonchev–Trinajstić information content (AvgIpc) is 2.31. The number of nitrogens with two attached hydrogens (primary N) is 1. The molecular formula is C14H22N2O2S. The summed E-state index contributed by atoms with van der Waals surface area (Å²) in [6.45, 7) is 6.06. The predicted octanol–water partition coefficient (Wildman–Crippen LogP) is 2.31. The molecule has 0 heterocycles. The predicted molar refractivity (Wildman–Crippen MR) is 81.6 cm³/mol. The fraction of sp³-hybridized carbons (Fsp3) is 0.500. The average molecular weight is 282 g/mol. The van der Waals surface area contributed by atoms with Crippen molar-refractivity contribution in [1.29, 1.82) is 0 Å². The minimum atomic E-state index is -1.10. The van der Waals surface area contributed by atoms with E-state index in [0.717, 1.165) is 12.0 Å². The quantitative estimate of drug-likeness (QED) is 0.786. The van der Waals surface area contributed by atoms with Crippen LogP contribution in [0.15, 0.2) is 18.2 Å². The van der Waals surface area contributed by atoms with E-state index >= 15 is 0 Å². The van der Waals surface area contributed by atoms with Gasteiger partial charge in [0.1, 0.15) is 5.75 Å². The Hall–Kier alpha value is -1.36. The normalized spacial score (nSPS) is 12.4. The highest BCUT2D eigenvalue weighted by Crippen LogP contribution is 2.16. The van der Waals surface area contributed by atoms with Crippen LogP contribution in [0, 0.1) is 12.8 Å². The molecule has 3 N–H and O–H groups in total. The van der Waals surface area contributed by atoms with E-state index in [1.807, 2.05) is 13.0 Å². The molecule has 5 heteroatoms. The molecule has 1 unspecified atom stereocenters. The highest BCUT2D eigenvalue weighted by molar-refractivity contribution is 7.85. The van der Waals surface area contributed by atoms with Crippen molar-refractivity contribution in [3.05, 3.63) is 23.8 Å². The minimum Gasteiger partial charge on any atom is -0.398 e. The van der Waals surface area contributed by atoms with Gasteiger partial charge in [0.25, 0.3) is 0 Å². The molecule has 0 aliphatic heterocycles. The fourth-order valence-electron chi connectivity index (χ4n) is 1.50. The second-order valence-electron chi connectivity index (χ2n) is 5.09. The number of amides is 1. The first-order valence-corrected chi connectivity index (χ1v) is 7.88. The SMILES string of the molecule is Cc1ccc(NC(=O)CS(=O)CCC(C)C)cc1N. The summed E-state index contributed by atoms with van der Waals surface area (Å²) in [5, 5.41) is 2.72. The Balaban J connectivity index is 2.46. The van der Waals surface area contributed by atoms with E-state index in [1.54, 1.807) is 12.1 Å². The van der Waals surface area contributed by atoms with Gasteiger partial charge in [-0.15, -0.1) is 0 Å². The Labute approximate surface area is 117 Å². The van der Waals surface area contributed by atoms with Crippen molar-refractivity contribution in [3.63, 3.8) is 0 Å². The van der Waals surface area contributed by atoms with Crippen molar-refractivity contribution >= 4 is 28.1 Å². The summed E-state index contributed by atoms with van der Waals surface area (Å²) in [4.78, 5) is 11.7. The molecule has 0 radical (unpaired) electrons. The maximum absolute atomic E-state index is 11.7. The van der Waals surface area contributed by atoms with E-state index in [-0.39, 0.29) is 11.7 Å². The Kier molecular flexibility index (Phi) is 6.02. The van der Waals surface area contributed by atoms with Gasteiger partial charge >= 0.3 is 0 Å². The van der Waals surface area contributed by atoms with Gasteiger partial charge in [0.2, 0.25) is 5.91 Å². The van der Waals surface area contributed by atoms with Crippen molar-refractivity contribution in [2.45, 2.75) is 27.2 Å². The van der Waals surface area contributed by atoms with Crippen molar-refractivity contribution in [1.82, 2.24) is 0 Å². The molecule has 0 aliphatic rings. The lowest BCUT2D eigenvalue weighted by molar-refractivity contribution is -0.113. The first kappa shape index (κ1) is 15.7. The molecule has 0 aliphatic carbocycles. The molecule has 0 aromatic heterocycles. The van der Waals surface area contributed by atoms with Crippen LogP contribution in [0.25, 0.3) is 0 Å². The van der Waals surface area contributed by atoms with Gasteiger partial charge in [-0.1, -0.05) is 19.9 Å². The summed E-state index contributed by atoms with van der Waals surface area (Å²) >= 11 is 0. The van der Waals surface area contributed by atoms with Crippen molar-refractivity contribution in [3.8, 4) is 0 Å². The van der Waals surface area contributed by atoms with Crippen LogP contribution in [-0.2, 0) is 15.6 Å². The number of aryl methyl sites for hydroxylation is 1. The van der Waals surface area contributed by atoms with Gasteiger partial charge in [-0.25, -0.2) is 0 Å². The van der Waals surface area contributed by atoms with Gasteiger partial charge in [-0.3, -0.25) is 9.00 Å². The largest absolute Gasteiger partial charge is 0.398 e. The van der Waals surface area contributed by atoms with Gasteiger partial charge in [0.05, 0.1) is 0 Å². The summed E-state index contributed by atoms with van der Waals surface area (Å²) in [6, 6.07) is 5.35. The van der Waals surface area contributed by atoms with Crippen molar-refractivity contribution in [2.24, 2.45) is 5.92 Å². The Morgan fingerprint density at radius 2 is 2.11 bits per heavy atom. The second kappa shape index (κ2) is 7.28. The smallest absolute Gasteiger partial charge is 0.236 e. The lowest BCUT2D eigenvalue weighted by Gasteiger charge is -2.08. The molecule has 19 heavy (non-hydrogen) atoms. The zero-order chi connectivity index (χ0) is 14.4. The van der Waals surface area contributed by atoms with E-state index in [9.17, 15) is 9.00 Å². The number of nitrogens with one attached hydrogen (secondary N) is 1. The lowest BCUT2D eigenvalue weighted by Crippen LogP contribution is -2.21. The van der Waals surface area contributed by atoms with Crippen LogP contribution in [0.2, 0.25) is 0 Å². The molecule has 1 aromatic carbocycles. The molecule has 0 fully saturated rings. The third kappa shape index (κ3) is 5.87. The first-order valence-electron chi connectivity index (χ1n) is 6.39. The van der Waals surface area contributed by atoms with Crippen LogP contribution in [0.4, 0.5) is 11.4 Å². The first-order chi connectivity index (χ1) is 8.88. The van der Waals surface area contributed by atoms with Crippen molar-refractivity contribution < 1.29 is 9.00 Å². The van der Waals surface area contributed by atoms with Gasteiger partial charge < -0.3 is 11.1 Å². The van der Waals surface area contributed by atoms with Crippen LogP contribution in [0.5, 0.6) is 0 Å². The highest BCUT2D eigenvalue weighted by atomic mass is 32.2. The summed E-state index contributed by atoms with van der Waals surface area (Å²) in [5.74, 6) is 0.885. The van der Waals surface area contributed by atoms with Gasteiger partial charge in [0, 0.05) is 27.9 Å². The van der Waals surface area contributed by atoms with Crippen LogP contribution < -0.4 is 11.1 Å². The Bertz CT molecular complexity index is 473. The number of rotatable bonds is 6. The Morgan fingerprint density at radius 3 is 2.68 bits per heavy atom. The molecule has 0 saturated carbocycles. The molecule has 1 rings (SSSR count). The standard InChI is InChI=1S/C14H22N2O2S/c1-10(2)6-7-19(18)9-14(17)16-12-5-4-11(3)13(15)8-12/h4-5,8,10H,6-7,9,15H2,1-3H3,(H,16,17). The number of carbonyl (C=O) groups is 1. The summed E-state index contributed by atoms with van der Waals surface area (Å²) in [5.41, 5.74) is 8.02. The molecule has 1 aromatic rings. The second-order valence-corrected chi connectivity index (χ2v) is 6.67. The molecule has 1 amide bonds. The topological polar surface area (TPSA) is 72.2 Å². The third-order valence-electron chi connectivity index (χ3n) is 2.78. The summed E-state index contributed by atoms with van der Waals surface area (Å²) in [7, 11) is -1.10. The third-order valence-corrected chi connectivity index (χ3v) is 4.05. The number of nitrogen functional groups attached to an aromatic ring is 1. The van der Waals surface area contributed by atoms with Crippen molar-refractivity contribution in [2.75, 3.05) is 22.6 Å². The molecule has 0 spiro atoms. The molecule has 4 nitrogen and oxygen atoms in total. The Morgan fingerprint density at radius 1 is 1.42 bits per heavy atom. The maximum atomic E-state index is 11.7. The zero-order valence-electron chi connectivity index (χ0n) is 11.7. The number of hydrogen-bond acceptors (Lipinski definition) is 3. The summed E-state index contributed by atoms with van der Waals surface area (Å²) < 4.78 is 11.7.